The maximum Gasteiger partial charge on any atom is 0.343 e. The molecule has 88 valence electrons. The first-order valence-corrected chi connectivity index (χ1v) is 4.50. The first kappa shape index (κ1) is 12.4. The molecule has 0 saturated carbocycles. The number of aliphatic hydroxyl groups is 1. The Kier molecular flexibility index (Phi) is 3.34. The molecule has 15 heavy (non-hydrogen) atoms. The highest BCUT2D eigenvalue weighted by molar-refractivity contribution is 5.81. The van der Waals surface area contributed by atoms with Crippen LogP contribution < -0.4 is 0 Å². The number of hydrogen-bond acceptors (Lipinski definition) is 6. The molecule has 0 aromatic carbocycles. The van der Waals surface area contributed by atoms with Crippen LogP contribution >= 0.6 is 0 Å². The van der Waals surface area contributed by atoms with Gasteiger partial charge >= 0.3 is 5.97 Å². The number of rotatable bonds is 3. The zero-order valence-corrected chi connectivity index (χ0v) is 9.27. The Hall–Kier alpha value is -0.690. The van der Waals surface area contributed by atoms with Crippen LogP contribution in [0.4, 0.5) is 0 Å². The number of carbonyl (C=O) groups excluding carboxylic acids is 1. The van der Waals surface area contributed by atoms with Crippen LogP contribution in [-0.2, 0) is 23.7 Å². The molecule has 6 nitrogen and oxygen atoms in total. The van der Waals surface area contributed by atoms with Crippen molar-refractivity contribution >= 4 is 5.97 Å². The molecule has 1 saturated heterocycles. The van der Waals surface area contributed by atoms with Gasteiger partial charge in [0.15, 0.2) is 6.29 Å². The summed E-state index contributed by atoms with van der Waals surface area (Å²) in [7, 11) is 3.95. The smallest absolute Gasteiger partial charge is 0.343 e. The fourth-order valence-corrected chi connectivity index (χ4v) is 1.60. The third-order valence-electron chi connectivity index (χ3n) is 2.75. The van der Waals surface area contributed by atoms with Crippen molar-refractivity contribution in [2.75, 3.05) is 21.3 Å². The molecule has 1 heterocycles. The van der Waals surface area contributed by atoms with Gasteiger partial charge in [0.05, 0.1) is 7.11 Å². The van der Waals surface area contributed by atoms with E-state index in [0.717, 1.165) is 0 Å². The molecule has 1 aliphatic rings. The summed E-state index contributed by atoms with van der Waals surface area (Å²) in [6.45, 7) is 1.46. The lowest BCUT2D eigenvalue weighted by atomic mass is 9.93. The molecule has 6 heteroatoms. The summed E-state index contributed by atoms with van der Waals surface area (Å²) >= 11 is 0. The molecule has 0 aromatic rings. The zero-order chi connectivity index (χ0) is 11.7. The SMILES string of the molecule is COC(=O)[C@@]1(O)C[C@H](OC)O[C@@]1(C)OC. The van der Waals surface area contributed by atoms with Crippen molar-refractivity contribution in [3.63, 3.8) is 0 Å². The Morgan fingerprint density at radius 1 is 1.47 bits per heavy atom. The van der Waals surface area contributed by atoms with Crippen LogP contribution in [0.2, 0.25) is 0 Å². The minimum Gasteiger partial charge on any atom is -0.467 e. The summed E-state index contributed by atoms with van der Waals surface area (Å²) < 4.78 is 19.8. The molecule has 0 spiro atoms. The van der Waals surface area contributed by atoms with Gasteiger partial charge in [-0.25, -0.2) is 4.79 Å². The van der Waals surface area contributed by atoms with Crippen LogP contribution in [-0.4, -0.2) is 50.1 Å². The van der Waals surface area contributed by atoms with Gasteiger partial charge in [-0.3, -0.25) is 0 Å². The maximum atomic E-state index is 11.5. The largest absolute Gasteiger partial charge is 0.467 e. The summed E-state index contributed by atoms with van der Waals surface area (Å²) in [5, 5.41) is 10.2. The molecule has 0 unspecified atom stereocenters. The van der Waals surface area contributed by atoms with Gasteiger partial charge in [-0.15, -0.1) is 0 Å². The van der Waals surface area contributed by atoms with E-state index < -0.39 is 23.6 Å². The standard InChI is InChI=1S/C9H16O6/c1-8(14-4)9(11,7(10)13-3)5-6(12-2)15-8/h6,11H,5H2,1-4H3/t6-,8-,9+/m1/s1. The minimum absolute atomic E-state index is 0.0273. The number of ether oxygens (including phenoxy) is 4. The Bertz CT molecular complexity index is 255. The van der Waals surface area contributed by atoms with Gasteiger partial charge in [-0.1, -0.05) is 0 Å². The summed E-state index contributed by atoms with van der Waals surface area (Å²) in [6.07, 6.45) is -0.723. The first-order chi connectivity index (χ1) is 6.93. The van der Waals surface area contributed by atoms with E-state index in [0.29, 0.717) is 0 Å². The fourth-order valence-electron chi connectivity index (χ4n) is 1.60. The van der Waals surface area contributed by atoms with Gasteiger partial charge in [-0.2, -0.15) is 0 Å². The van der Waals surface area contributed by atoms with E-state index >= 15 is 0 Å². The Morgan fingerprint density at radius 2 is 2.07 bits per heavy atom. The number of esters is 1. The second-order valence-corrected chi connectivity index (χ2v) is 3.49. The van der Waals surface area contributed by atoms with Crippen LogP contribution in [0.25, 0.3) is 0 Å². The second-order valence-electron chi connectivity index (χ2n) is 3.49. The van der Waals surface area contributed by atoms with Crippen molar-refractivity contribution in [1.29, 1.82) is 0 Å². The van der Waals surface area contributed by atoms with Crippen LogP contribution in [0, 0.1) is 0 Å². The summed E-state index contributed by atoms with van der Waals surface area (Å²) in [5.74, 6) is -2.26. The van der Waals surface area contributed by atoms with Crippen molar-refractivity contribution in [2.24, 2.45) is 0 Å². The average Bonchev–Trinajstić information content (AvgIpc) is 2.52. The van der Waals surface area contributed by atoms with Crippen molar-refractivity contribution in [2.45, 2.75) is 31.0 Å². The molecule has 0 amide bonds. The highest BCUT2D eigenvalue weighted by Crippen LogP contribution is 2.41. The molecule has 3 atom stereocenters. The van der Waals surface area contributed by atoms with E-state index in [2.05, 4.69) is 4.74 Å². The molecular weight excluding hydrogens is 204 g/mol. The highest BCUT2D eigenvalue weighted by atomic mass is 16.8. The van der Waals surface area contributed by atoms with Gasteiger partial charge in [0.1, 0.15) is 0 Å². The lowest BCUT2D eigenvalue weighted by Gasteiger charge is -2.33. The van der Waals surface area contributed by atoms with Crippen LogP contribution in [0.15, 0.2) is 0 Å². The Morgan fingerprint density at radius 3 is 2.47 bits per heavy atom. The molecular formula is C9H16O6. The molecule has 1 rings (SSSR count). The molecule has 1 fully saturated rings. The van der Waals surface area contributed by atoms with Crippen molar-refractivity contribution in [3.05, 3.63) is 0 Å². The van der Waals surface area contributed by atoms with Crippen LogP contribution in [0.3, 0.4) is 0 Å². The van der Waals surface area contributed by atoms with Gasteiger partial charge in [-0.05, 0) is 6.92 Å². The Balaban J connectivity index is 2.99. The highest BCUT2D eigenvalue weighted by Gasteiger charge is 2.63. The first-order valence-electron chi connectivity index (χ1n) is 4.50. The van der Waals surface area contributed by atoms with Crippen molar-refractivity contribution in [3.8, 4) is 0 Å². The quantitative estimate of drug-likeness (QED) is 0.655. The maximum absolute atomic E-state index is 11.5. The second kappa shape index (κ2) is 4.05. The zero-order valence-electron chi connectivity index (χ0n) is 9.27. The van der Waals surface area contributed by atoms with Crippen molar-refractivity contribution < 1.29 is 28.8 Å². The third-order valence-corrected chi connectivity index (χ3v) is 2.75. The fraction of sp³-hybridized carbons (Fsp3) is 0.889. The summed E-state index contributed by atoms with van der Waals surface area (Å²) in [5.41, 5.74) is -1.85. The van der Waals surface area contributed by atoms with E-state index in [4.69, 9.17) is 14.2 Å². The van der Waals surface area contributed by atoms with Crippen LogP contribution in [0.5, 0.6) is 0 Å². The number of hydrogen-bond donors (Lipinski definition) is 1. The van der Waals surface area contributed by atoms with Crippen LogP contribution in [0.1, 0.15) is 13.3 Å². The van der Waals surface area contributed by atoms with Gasteiger partial charge in [0.25, 0.3) is 0 Å². The topological polar surface area (TPSA) is 74.2 Å². The minimum atomic E-state index is -1.85. The van der Waals surface area contributed by atoms with Gasteiger partial charge in [0.2, 0.25) is 11.4 Å². The lowest BCUT2D eigenvalue weighted by molar-refractivity contribution is -0.287. The Labute approximate surface area is 88.1 Å². The predicted octanol–water partition coefficient (Wildman–Crippen LogP) is -0.354. The van der Waals surface area contributed by atoms with Crippen molar-refractivity contribution in [1.82, 2.24) is 0 Å². The summed E-state index contributed by atoms with van der Waals surface area (Å²) in [6, 6.07) is 0. The van der Waals surface area contributed by atoms with Gasteiger partial charge < -0.3 is 24.1 Å². The third kappa shape index (κ3) is 1.74. The summed E-state index contributed by atoms with van der Waals surface area (Å²) in [4.78, 5) is 11.5. The normalized spacial score (nSPS) is 40.5. The van der Waals surface area contributed by atoms with E-state index in [1.165, 1.54) is 28.3 Å². The molecule has 0 aliphatic carbocycles. The molecule has 0 bridgehead atoms. The number of methoxy groups -OCH3 is 3. The molecule has 0 aromatic heterocycles. The average molecular weight is 220 g/mol. The number of carbonyl (C=O) groups is 1. The van der Waals surface area contributed by atoms with Gasteiger partial charge in [0, 0.05) is 20.6 Å². The monoisotopic (exact) mass is 220 g/mol. The molecule has 1 aliphatic heterocycles. The predicted molar refractivity (Wildman–Crippen MR) is 48.9 cm³/mol. The molecule has 1 N–H and O–H groups in total. The van der Waals surface area contributed by atoms with E-state index in [-0.39, 0.29) is 6.42 Å². The lowest BCUT2D eigenvalue weighted by Crippen LogP contribution is -2.56. The molecule has 0 radical (unpaired) electrons. The van der Waals surface area contributed by atoms with E-state index in [1.807, 2.05) is 0 Å². The van der Waals surface area contributed by atoms with E-state index in [1.54, 1.807) is 0 Å². The van der Waals surface area contributed by atoms with E-state index in [9.17, 15) is 9.90 Å².